The summed E-state index contributed by atoms with van der Waals surface area (Å²) >= 11 is 0. The van der Waals surface area contributed by atoms with E-state index in [4.69, 9.17) is 4.74 Å². The van der Waals surface area contributed by atoms with Crippen LogP contribution in [0.1, 0.15) is 39.4 Å². The zero-order valence-electron chi connectivity index (χ0n) is 12.4. The predicted molar refractivity (Wildman–Crippen MR) is 76.2 cm³/mol. The molecule has 1 saturated carbocycles. The summed E-state index contributed by atoms with van der Waals surface area (Å²) in [6, 6.07) is 0.125. The molecule has 1 aliphatic rings. The molecule has 0 aromatic carbocycles. The topological polar surface area (TPSA) is 79.0 Å². The van der Waals surface area contributed by atoms with E-state index >= 15 is 0 Å². The van der Waals surface area contributed by atoms with Gasteiger partial charge in [0.2, 0.25) is 0 Å². The highest BCUT2D eigenvalue weighted by Gasteiger charge is 2.33. The third-order valence-electron chi connectivity index (χ3n) is 3.10. The Morgan fingerprint density at radius 2 is 2.30 bits per heavy atom. The fourth-order valence-electron chi connectivity index (χ4n) is 2.03. The molecule has 1 atom stereocenters. The van der Waals surface area contributed by atoms with Crippen LogP contribution in [0.2, 0.25) is 0 Å². The SMILES string of the molecule is CC(C)(C)OC(=O)NC(CNCc1ncc[nH]1)C1CC1. The second-order valence-electron chi connectivity index (χ2n) is 6.26. The summed E-state index contributed by atoms with van der Waals surface area (Å²) in [5.41, 5.74) is -0.459. The van der Waals surface area contributed by atoms with E-state index in [0.29, 0.717) is 12.5 Å². The average Bonchev–Trinajstić information content (AvgIpc) is 3.04. The molecule has 1 unspecified atom stereocenters. The maximum Gasteiger partial charge on any atom is 0.407 e. The van der Waals surface area contributed by atoms with Gasteiger partial charge >= 0.3 is 6.09 Å². The summed E-state index contributed by atoms with van der Waals surface area (Å²) in [5, 5.41) is 6.27. The lowest BCUT2D eigenvalue weighted by Crippen LogP contribution is -2.45. The number of imidazole rings is 1. The van der Waals surface area contributed by atoms with Gasteiger partial charge < -0.3 is 20.4 Å². The van der Waals surface area contributed by atoms with Crippen LogP contribution in [0.4, 0.5) is 4.79 Å². The van der Waals surface area contributed by atoms with Crippen molar-refractivity contribution >= 4 is 6.09 Å². The van der Waals surface area contributed by atoms with Gasteiger partial charge in [0, 0.05) is 25.0 Å². The van der Waals surface area contributed by atoms with Crippen LogP contribution in [-0.4, -0.2) is 34.2 Å². The average molecular weight is 280 g/mol. The molecule has 2 rings (SSSR count). The molecule has 0 spiro atoms. The normalized spacial score (nSPS) is 16.8. The monoisotopic (exact) mass is 280 g/mol. The third-order valence-corrected chi connectivity index (χ3v) is 3.10. The number of ether oxygens (including phenoxy) is 1. The van der Waals surface area contributed by atoms with Crippen LogP contribution in [0, 0.1) is 5.92 Å². The second kappa shape index (κ2) is 6.26. The highest BCUT2D eigenvalue weighted by atomic mass is 16.6. The second-order valence-corrected chi connectivity index (χ2v) is 6.26. The number of amides is 1. The number of hydrogen-bond acceptors (Lipinski definition) is 4. The van der Waals surface area contributed by atoms with Gasteiger partial charge in [0.05, 0.1) is 6.54 Å². The molecule has 3 N–H and O–H groups in total. The fourth-order valence-corrected chi connectivity index (χ4v) is 2.03. The van der Waals surface area contributed by atoms with Crippen molar-refractivity contribution in [3.63, 3.8) is 0 Å². The van der Waals surface area contributed by atoms with E-state index in [1.165, 1.54) is 12.8 Å². The molecule has 6 heteroatoms. The molecule has 1 aliphatic carbocycles. The van der Waals surface area contributed by atoms with Gasteiger partial charge in [0.15, 0.2) is 0 Å². The molecule has 1 heterocycles. The number of H-pyrrole nitrogens is 1. The van der Waals surface area contributed by atoms with E-state index in [1.54, 1.807) is 12.4 Å². The molecule has 1 aromatic rings. The predicted octanol–water partition coefficient (Wildman–Crippen LogP) is 1.80. The molecular weight excluding hydrogens is 256 g/mol. The van der Waals surface area contributed by atoms with Crippen LogP contribution < -0.4 is 10.6 Å². The largest absolute Gasteiger partial charge is 0.444 e. The van der Waals surface area contributed by atoms with Crippen molar-refractivity contribution in [1.29, 1.82) is 0 Å². The Labute approximate surface area is 119 Å². The summed E-state index contributed by atoms with van der Waals surface area (Å²) in [4.78, 5) is 19.0. The quantitative estimate of drug-likeness (QED) is 0.742. The molecule has 0 bridgehead atoms. The van der Waals surface area contributed by atoms with Crippen LogP contribution in [0.25, 0.3) is 0 Å². The number of alkyl carbamates (subject to hydrolysis) is 1. The maximum atomic E-state index is 11.8. The highest BCUT2D eigenvalue weighted by Crippen LogP contribution is 2.32. The number of aromatic amines is 1. The van der Waals surface area contributed by atoms with Crippen molar-refractivity contribution in [3.8, 4) is 0 Å². The number of carbonyl (C=O) groups excluding carboxylic acids is 1. The molecule has 1 fully saturated rings. The summed E-state index contributed by atoms with van der Waals surface area (Å²) in [6.07, 6.45) is 5.53. The van der Waals surface area contributed by atoms with Gasteiger partial charge in [-0.1, -0.05) is 0 Å². The van der Waals surface area contributed by atoms with Crippen molar-refractivity contribution < 1.29 is 9.53 Å². The molecule has 1 amide bonds. The standard InChI is InChI=1S/C14H24N4O2/c1-14(2,3)20-13(19)18-11(10-4-5-10)8-15-9-12-16-6-7-17-12/h6-7,10-11,15H,4-5,8-9H2,1-3H3,(H,16,17)(H,18,19). The van der Waals surface area contributed by atoms with E-state index in [1.807, 2.05) is 20.8 Å². The Kier molecular flexibility index (Phi) is 4.65. The molecule has 0 radical (unpaired) electrons. The van der Waals surface area contributed by atoms with Gasteiger partial charge in [-0.25, -0.2) is 9.78 Å². The number of hydrogen-bond donors (Lipinski definition) is 3. The van der Waals surface area contributed by atoms with Crippen molar-refractivity contribution in [2.24, 2.45) is 5.92 Å². The molecular formula is C14H24N4O2. The Hall–Kier alpha value is -1.56. The molecule has 112 valence electrons. The summed E-state index contributed by atoms with van der Waals surface area (Å²) in [6.45, 7) is 7.01. The Morgan fingerprint density at radius 1 is 1.55 bits per heavy atom. The molecule has 6 nitrogen and oxygen atoms in total. The zero-order valence-corrected chi connectivity index (χ0v) is 12.4. The minimum Gasteiger partial charge on any atom is -0.444 e. The number of nitrogens with zero attached hydrogens (tertiary/aromatic N) is 1. The lowest BCUT2D eigenvalue weighted by atomic mass is 10.2. The Balaban J connectivity index is 1.74. The van der Waals surface area contributed by atoms with Gasteiger partial charge in [0.1, 0.15) is 11.4 Å². The molecule has 0 saturated heterocycles. The lowest BCUT2D eigenvalue weighted by Gasteiger charge is -2.23. The van der Waals surface area contributed by atoms with Gasteiger partial charge in [-0.3, -0.25) is 0 Å². The maximum absolute atomic E-state index is 11.8. The van der Waals surface area contributed by atoms with Crippen molar-refractivity contribution in [1.82, 2.24) is 20.6 Å². The van der Waals surface area contributed by atoms with Crippen molar-refractivity contribution in [2.75, 3.05) is 6.54 Å². The highest BCUT2D eigenvalue weighted by molar-refractivity contribution is 5.68. The number of carbonyl (C=O) groups is 1. The lowest BCUT2D eigenvalue weighted by molar-refractivity contribution is 0.0497. The minimum atomic E-state index is -0.459. The first-order chi connectivity index (χ1) is 9.44. The fraction of sp³-hybridized carbons (Fsp3) is 0.714. The smallest absolute Gasteiger partial charge is 0.407 e. The van der Waals surface area contributed by atoms with Crippen molar-refractivity contribution in [3.05, 3.63) is 18.2 Å². The zero-order chi connectivity index (χ0) is 14.6. The number of nitrogens with one attached hydrogen (secondary N) is 3. The first-order valence-electron chi connectivity index (χ1n) is 7.12. The van der Waals surface area contributed by atoms with Crippen molar-refractivity contribution in [2.45, 2.75) is 51.8 Å². The number of aromatic nitrogens is 2. The Bertz CT molecular complexity index is 421. The first kappa shape index (κ1) is 14.8. The van der Waals surface area contributed by atoms with Gasteiger partial charge in [0.25, 0.3) is 0 Å². The summed E-state index contributed by atoms with van der Waals surface area (Å²) in [5.74, 6) is 1.46. The van der Waals surface area contributed by atoms with E-state index in [0.717, 1.165) is 12.4 Å². The first-order valence-corrected chi connectivity index (χ1v) is 7.12. The van der Waals surface area contributed by atoms with E-state index < -0.39 is 5.60 Å². The van der Waals surface area contributed by atoms with E-state index in [-0.39, 0.29) is 12.1 Å². The van der Waals surface area contributed by atoms with Crippen LogP contribution >= 0.6 is 0 Å². The number of rotatable bonds is 6. The van der Waals surface area contributed by atoms with Crippen LogP contribution in [0.5, 0.6) is 0 Å². The summed E-state index contributed by atoms with van der Waals surface area (Å²) in [7, 11) is 0. The molecule has 1 aromatic heterocycles. The van der Waals surface area contributed by atoms with E-state index in [9.17, 15) is 4.79 Å². The molecule has 20 heavy (non-hydrogen) atoms. The van der Waals surface area contributed by atoms with Gasteiger partial charge in [-0.2, -0.15) is 0 Å². The van der Waals surface area contributed by atoms with Crippen LogP contribution in [0.15, 0.2) is 12.4 Å². The summed E-state index contributed by atoms with van der Waals surface area (Å²) < 4.78 is 5.30. The Morgan fingerprint density at radius 3 is 2.85 bits per heavy atom. The minimum absolute atomic E-state index is 0.125. The molecule has 0 aliphatic heterocycles. The van der Waals surface area contributed by atoms with Gasteiger partial charge in [-0.15, -0.1) is 0 Å². The van der Waals surface area contributed by atoms with Crippen LogP contribution in [-0.2, 0) is 11.3 Å². The van der Waals surface area contributed by atoms with Gasteiger partial charge in [-0.05, 0) is 39.5 Å². The van der Waals surface area contributed by atoms with E-state index in [2.05, 4.69) is 20.6 Å². The van der Waals surface area contributed by atoms with Crippen LogP contribution in [0.3, 0.4) is 0 Å². The third kappa shape index (κ3) is 5.21.